The first kappa shape index (κ1) is 10.7. The Morgan fingerprint density at radius 3 is 2.56 bits per heavy atom. The van der Waals surface area contributed by atoms with Gasteiger partial charge in [-0.15, -0.1) is 0 Å². The number of hydrogen-bond donors (Lipinski definition) is 0. The van der Waals surface area contributed by atoms with Gasteiger partial charge in [0, 0.05) is 5.71 Å². The van der Waals surface area contributed by atoms with Gasteiger partial charge in [-0.1, -0.05) is 12.1 Å². The molecule has 0 unspecified atom stereocenters. The summed E-state index contributed by atoms with van der Waals surface area (Å²) in [6.45, 7) is 2.39. The summed E-state index contributed by atoms with van der Waals surface area (Å²) >= 11 is 0. The Morgan fingerprint density at radius 1 is 1.38 bits per heavy atom. The zero-order valence-corrected chi connectivity index (χ0v) is 9.43. The van der Waals surface area contributed by atoms with Gasteiger partial charge in [-0.25, -0.2) is 5.01 Å². The summed E-state index contributed by atoms with van der Waals surface area (Å²) < 4.78 is 5.07. The van der Waals surface area contributed by atoms with Gasteiger partial charge in [-0.3, -0.25) is 4.79 Å². The minimum atomic E-state index is 0.0633. The average molecular weight is 218 g/mol. The van der Waals surface area contributed by atoms with Crippen molar-refractivity contribution in [3.8, 4) is 5.75 Å². The fraction of sp³-hybridized carbons (Fsp3) is 0.333. The number of methoxy groups -OCH3 is 1. The van der Waals surface area contributed by atoms with E-state index < -0.39 is 0 Å². The van der Waals surface area contributed by atoms with E-state index in [2.05, 4.69) is 5.10 Å². The smallest absolute Gasteiger partial charge is 0.248 e. The summed E-state index contributed by atoms with van der Waals surface area (Å²) in [5.74, 6) is 0.879. The highest BCUT2D eigenvalue weighted by molar-refractivity contribution is 6.03. The number of rotatable bonds is 3. The monoisotopic (exact) mass is 218 g/mol. The highest BCUT2D eigenvalue weighted by Crippen LogP contribution is 2.16. The molecule has 16 heavy (non-hydrogen) atoms. The molecule has 1 aliphatic heterocycles. The molecule has 1 aliphatic rings. The lowest BCUT2D eigenvalue weighted by molar-refractivity contribution is -0.129. The Bertz CT molecular complexity index is 423. The quantitative estimate of drug-likeness (QED) is 0.776. The molecule has 0 spiro atoms. The minimum absolute atomic E-state index is 0.0633. The second kappa shape index (κ2) is 4.35. The van der Waals surface area contributed by atoms with Crippen LogP contribution in [-0.4, -0.2) is 23.7 Å². The maximum atomic E-state index is 11.5. The molecule has 0 radical (unpaired) electrons. The second-order valence-corrected chi connectivity index (χ2v) is 3.81. The van der Waals surface area contributed by atoms with Crippen LogP contribution in [0.5, 0.6) is 5.75 Å². The van der Waals surface area contributed by atoms with Gasteiger partial charge in [0.2, 0.25) is 5.91 Å². The third-order valence-electron chi connectivity index (χ3n) is 2.48. The summed E-state index contributed by atoms with van der Waals surface area (Å²) in [7, 11) is 1.63. The van der Waals surface area contributed by atoms with Crippen molar-refractivity contribution in [1.82, 2.24) is 5.01 Å². The van der Waals surface area contributed by atoms with E-state index in [0.717, 1.165) is 17.0 Å². The van der Waals surface area contributed by atoms with Gasteiger partial charge >= 0.3 is 0 Å². The molecule has 0 aliphatic carbocycles. The topological polar surface area (TPSA) is 41.9 Å². The Kier molecular flexibility index (Phi) is 2.90. The van der Waals surface area contributed by atoms with Crippen molar-refractivity contribution in [3.63, 3.8) is 0 Å². The lowest BCUT2D eigenvalue weighted by Crippen LogP contribution is -2.19. The van der Waals surface area contributed by atoms with E-state index in [1.165, 1.54) is 5.01 Å². The molecule has 0 fully saturated rings. The lowest BCUT2D eigenvalue weighted by atomic mass is 10.2. The summed E-state index contributed by atoms with van der Waals surface area (Å²) in [5.41, 5.74) is 1.92. The molecule has 84 valence electrons. The first-order valence-electron chi connectivity index (χ1n) is 5.16. The normalized spacial score (nSPS) is 15.2. The summed E-state index contributed by atoms with van der Waals surface area (Å²) in [5, 5.41) is 5.69. The molecule has 4 nitrogen and oxygen atoms in total. The maximum Gasteiger partial charge on any atom is 0.248 e. The number of ether oxygens (including phenoxy) is 1. The number of amides is 1. The SMILES string of the molecule is COc1ccc(CN2N=C(C)CC2=O)cc1. The van der Waals surface area contributed by atoms with Crippen molar-refractivity contribution < 1.29 is 9.53 Å². The predicted octanol–water partition coefficient (Wildman–Crippen LogP) is 1.80. The fourth-order valence-corrected chi connectivity index (χ4v) is 1.63. The van der Waals surface area contributed by atoms with Gasteiger partial charge in [0.15, 0.2) is 0 Å². The van der Waals surface area contributed by atoms with Crippen molar-refractivity contribution >= 4 is 11.6 Å². The molecular formula is C12H14N2O2. The van der Waals surface area contributed by atoms with E-state index in [4.69, 9.17) is 4.74 Å². The van der Waals surface area contributed by atoms with E-state index in [0.29, 0.717) is 13.0 Å². The predicted molar refractivity (Wildman–Crippen MR) is 61.3 cm³/mol. The van der Waals surface area contributed by atoms with Gasteiger partial charge < -0.3 is 4.74 Å². The molecule has 0 aromatic heterocycles. The van der Waals surface area contributed by atoms with Crippen molar-refractivity contribution in [2.45, 2.75) is 19.9 Å². The van der Waals surface area contributed by atoms with Gasteiger partial charge in [0.25, 0.3) is 0 Å². The van der Waals surface area contributed by atoms with Crippen LogP contribution in [0.15, 0.2) is 29.4 Å². The molecule has 0 bridgehead atoms. The largest absolute Gasteiger partial charge is 0.497 e. The fourth-order valence-electron chi connectivity index (χ4n) is 1.63. The molecule has 0 saturated heterocycles. The van der Waals surface area contributed by atoms with Gasteiger partial charge in [0.1, 0.15) is 5.75 Å². The van der Waals surface area contributed by atoms with Crippen LogP contribution in [0.1, 0.15) is 18.9 Å². The zero-order valence-electron chi connectivity index (χ0n) is 9.43. The zero-order chi connectivity index (χ0) is 11.5. The van der Waals surface area contributed by atoms with Crippen LogP contribution in [0.25, 0.3) is 0 Å². The molecule has 1 aromatic carbocycles. The van der Waals surface area contributed by atoms with E-state index in [9.17, 15) is 4.79 Å². The summed E-state index contributed by atoms with van der Waals surface area (Å²) in [6.07, 6.45) is 0.441. The van der Waals surface area contributed by atoms with Crippen LogP contribution in [0.2, 0.25) is 0 Å². The minimum Gasteiger partial charge on any atom is -0.497 e. The number of benzene rings is 1. The van der Waals surface area contributed by atoms with E-state index in [-0.39, 0.29) is 5.91 Å². The highest BCUT2D eigenvalue weighted by Gasteiger charge is 2.20. The molecule has 1 heterocycles. The van der Waals surface area contributed by atoms with E-state index >= 15 is 0 Å². The highest BCUT2D eigenvalue weighted by atomic mass is 16.5. The number of carbonyl (C=O) groups excluding carboxylic acids is 1. The Hall–Kier alpha value is -1.84. The van der Waals surface area contributed by atoms with E-state index in [1.54, 1.807) is 7.11 Å². The first-order chi connectivity index (χ1) is 7.69. The first-order valence-corrected chi connectivity index (χ1v) is 5.16. The number of hydrazone groups is 1. The number of nitrogens with zero attached hydrogens (tertiary/aromatic N) is 2. The van der Waals surface area contributed by atoms with Crippen LogP contribution in [0, 0.1) is 0 Å². The molecular weight excluding hydrogens is 204 g/mol. The van der Waals surface area contributed by atoms with Crippen LogP contribution in [0.4, 0.5) is 0 Å². The van der Waals surface area contributed by atoms with Crippen molar-refractivity contribution in [1.29, 1.82) is 0 Å². The van der Waals surface area contributed by atoms with Gasteiger partial charge in [-0.2, -0.15) is 5.10 Å². The number of hydrogen-bond acceptors (Lipinski definition) is 3. The molecule has 0 atom stereocenters. The summed E-state index contributed by atoms with van der Waals surface area (Å²) in [4.78, 5) is 11.5. The lowest BCUT2D eigenvalue weighted by Gasteiger charge is -2.11. The molecule has 4 heteroatoms. The van der Waals surface area contributed by atoms with Crippen molar-refractivity contribution in [2.75, 3.05) is 7.11 Å². The standard InChI is InChI=1S/C12H14N2O2/c1-9-7-12(15)14(13-9)8-10-3-5-11(16-2)6-4-10/h3-6H,7-8H2,1-2H3. The van der Waals surface area contributed by atoms with Crippen LogP contribution < -0.4 is 4.74 Å². The molecule has 2 rings (SSSR count). The van der Waals surface area contributed by atoms with Crippen LogP contribution in [0.3, 0.4) is 0 Å². The summed E-state index contributed by atoms with van der Waals surface area (Å²) in [6, 6.07) is 7.64. The molecule has 0 N–H and O–H groups in total. The van der Waals surface area contributed by atoms with Crippen LogP contribution >= 0.6 is 0 Å². The second-order valence-electron chi connectivity index (χ2n) is 3.81. The molecule has 1 amide bonds. The van der Waals surface area contributed by atoms with Gasteiger partial charge in [0.05, 0.1) is 20.1 Å². The number of carbonyl (C=O) groups is 1. The van der Waals surface area contributed by atoms with Crippen molar-refractivity contribution in [3.05, 3.63) is 29.8 Å². The molecule has 1 aromatic rings. The van der Waals surface area contributed by atoms with E-state index in [1.807, 2.05) is 31.2 Å². The Labute approximate surface area is 94.5 Å². The van der Waals surface area contributed by atoms with Crippen molar-refractivity contribution in [2.24, 2.45) is 5.10 Å². The average Bonchev–Trinajstić information content (AvgIpc) is 2.59. The Morgan fingerprint density at radius 2 is 2.06 bits per heavy atom. The maximum absolute atomic E-state index is 11.5. The Balaban J connectivity index is 2.06. The third-order valence-corrected chi connectivity index (χ3v) is 2.48. The third kappa shape index (κ3) is 2.21. The van der Waals surface area contributed by atoms with Gasteiger partial charge in [-0.05, 0) is 24.6 Å². The molecule has 0 saturated carbocycles. The van der Waals surface area contributed by atoms with Crippen LogP contribution in [-0.2, 0) is 11.3 Å².